The quantitative estimate of drug-likeness (QED) is 0.556. The summed E-state index contributed by atoms with van der Waals surface area (Å²) in [6, 6.07) is 3.72. The van der Waals surface area contributed by atoms with E-state index < -0.39 is 0 Å². The first-order valence-electron chi connectivity index (χ1n) is 4.47. The van der Waals surface area contributed by atoms with Crippen molar-refractivity contribution in [2.75, 3.05) is 29.1 Å². The van der Waals surface area contributed by atoms with E-state index in [4.69, 9.17) is 5.73 Å². The lowest BCUT2D eigenvalue weighted by Crippen LogP contribution is -2.05. The molecule has 1 aromatic heterocycles. The fourth-order valence-corrected chi connectivity index (χ4v) is 1.51. The van der Waals surface area contributed by atoms with E-state index in [9.17, 15) is 0 Å². The molecule has 1 rings (SSSR count). The Morgan fingerprint density at radius 3 is 3.07 bits per heavy atom. The highest BCUT2D eigenvalue weighted by atomic mass is 32.2. The van der Waals surface area contributed by atoms with Crippen LogP contribution < -0.4 is 11.1 Å². The topological polar surface area (TPSA) is 50.9 Å². The number of thioether (sulfide) groups is 1. The number of nitrogen functional groups attached to an aromatic ring is 1. The minimum Gasteiger partial charge on any atom is -0.397 e. The van der Waals surface area contributed by atoms with Crippen LogP contribution in [0.15, 0.2) is 31.0 Å². The fraction of sp³-hybridized carbons (Fsp3) is 0.300. The first-order valence-corrected chi connectivity index (χ1v) is 5.62. The van der Waals surface area contributed by atoms with Gasteiger partial charge in [0.05, 0.1) is 11.9 Å². The molecule has 1 aromatic rings. The van der Waals surface area contributed by atoms with E-state index in [0.717, 1.165) is 23.9 Å². The molecule has 1 heterocycles. The average Bonchev–Trinajstić information content (AvgIpc) is 2.21. The zero-order chi connectivity index (χ0) is 10.2. The van der Waals surface area contributed by atoms with Gasteiger partial charge in [0.25, 0.3) is 0 Å². The third-order valence-corrected chi connectivity index (χ3v) is 2.54. The predicted octanol–water partition coefficient (Wildman–Crippen LogP) is 1.99. The van der Waals surface area contributed by atoms with Gasteiger partial charge in [-0.15, -0.1) is 6.58 Å². The highest BCUT2D eigenvalue weighted by Gasteiger charge is 1.92. The largest absolute Gasteiger partial charge is 0.397 e. The summed E-state index contributed by atoms with van der Waals surface area (Å²) in [4.78, 5) is 4.13. The summed E-state index contributed by atoms with van der Waals surface area (Å²) >= 11 is 1.84. The number of nitrogens with two attached hydrogens (primary N) is 1. The van der Waals surface area contributed by atoms with Crippen LogP contribution in [-0.2, 0) is 0 Å². The lowest BCUT2D eigenvalue weighted by molar-refractivity contribution is 1.17. The van der Waals surface area contributed by atoms with Gasteiger partial charge in [-0.1, -0.05) is 6.08 Å². The minimum atomic E-state index is 0.691. The molecule has 0 atom stereocenters. The number of anilines is 2. The van der Waals surface area contributed by atoms with E-state index in [2.05, 4.69) is 16.9 Å². The number of hydrogen-bond donors (Lipinski definition) is 2. The molecule has 0 aliphatic rings. The summed E-state index contributed by atoms with van der Waals surface area (Å²) in [6.07, 6.45) is 3.56. The summed E-state index contributed by atoms with van der Waals surface area (Å²) in [5.41, 5.74) is 6.21. The Morgan fingerprint density at radius 1 is 1.57 bits per heavy atom. The van der Waals surface area contributed by atoms with Gasteiger partial charge in [-0.3, -0.25) is 0 Å². The van der Waals surface area contributed by atoms with E-state index in [1.54, 1.807) is 6.20 Å². The van der Waals surface area contributed by atoms with Crippen molar-refractivity contribution in [3.05, 3.63) is 31.0 Å². The minimum absolute atomic E-state index is 0.691. The van der Waals surface area contributed by atoms with Crippen LogP contribution in [0.5, 0.6) is 0 Å². The molecular formula is C10H15N3S. The molecule has 0 saturated carbocycles. The average molecular weight is 209 g/mol. The highest BCUT2D eigenvalue weighted by molar-refractivity contribution is 7.99. The van der Waals surface area contributed by atoms with Crippen molar-refractivity contribution in [1.82, 2.24) is 4.98 Å². The van der Waals surface area contributed by atoms with E-state index >= 15 is 0 Å². The zero-order valence-electron chi connectivity index (χ0n) is 8.07. The molecule has 0 fully saturated rings. The molecule has 3 nitrogen and oxygen atoms in total. The number of pyridine rings is 1. The summed E-state index contributed by atoms with van der Waals surface area (Å²) < 4.78 is 0. The van der Waals surface area contributed by atoms with Crippen molar-refractivity contribution in [2.45, 2.75) is 0 Å². The third kappa shape index (κ3) is 4.18. The van der Waals surface area contributed by atoms with Crippen LogP contribution in [0.1, 0.15) is 0 Å². The van der Waals surface area contributed by atoms with E-state index in [1.165, 1.54) is 0 Å². The van der Waals surface area contributed by atoms with E-state index in [0.29, 0.717) is 5.69 Å². The summed E-state index contributed by atoms with van der Waals surface area (Å²) in [6.45, 7) is 4.57. The van der Waals surface area contributed by atoms with Crippen LogP contribution in [0.25, 0.3) is 0 Å². The smallest absolute Gasteiger partial charge is 0.126 e. The van der Waals surface area contributed by atoms with Crippen LogP contribution in [-0.4, -0.2) is 23.0 Å². The third-order valence-electron chi connectivity index (χ3n) is 1.57. The molecule has 0 aromatic carbocycles. The lowest BCUT2D eigenvalue weighted by Gasteiger charge is -2.04. The number of nitrogens with one attached hydrogen (secondary N) is 1. The van der Waals surface area contributed by atoms with Crippen LogP contribution >= 0.6 is 11.8 Å². The Hall–Kier alpha value is -1.16. The van der Waals surface area contributed by atoms with Gasteiger partial charge in [0.2, 0.25) is 0 Å². The molecule has 14 heavy (non-hydrogen) atoms. The van der Waals surface area contributed by atoms with Crippen molar-refractivity contribution < 1.29 is 0 Å². The molecule has 0 aliphatic carbocycles. The van der Waals surface area contributed by atoms with Gasteiger partial charge in [0.15, 0.2) is 0 Å². The van der Waals surface area contributed by atoms with Crippen molar-refractivity contribution in [3.8, 4) is 0 Å². The summed E-state index contributed by atoms with van der Waals surface area (Å²) in [5.74, 6) is 2.92. The lowest BCUT2D eigenvalue weighted by atomic mass is 10.4. The van der Waals surface area contributed by atoms with Gasteiger partial charge in [-0.25, -0.2) is 4.98 Å². The monoisotopic (exact) mass is 209 g/mol. The van der Waals surface area contributed by atoms with Gasteiger partial charge >= 0.3 is 0 Å². The van der Waals surface area contributed by atoms with Crippen LogP contribution in [0, 0.1) is 0 Å². The van der Waals surface area contributed by atoms with Gasteiger partial charge in [0, 0.05) is 18.1 Å². The molecule has 0 bridgehead atoms. The van der Waals surface area contributed by atoms with Crippen LogP contribution in [0.4, 0.5) is 11.5 Å². The van der Waals surface area contributed by atoms with Gasteiger partial charge in [-0.2, -0.15) is 11.8 Å². The SMILES string of the molecule is C=CCSCCNc1ccc(N)cn1. The number of nitrogens with zero attached hydrogens (tertiary/aromatic N) is 1. The summed E-state index contributed by atoms with van der Waals surface area (Å²) in [5, 5.41) is 3.21. The molecule has 0 radical (unpaired) electrons. The zero-order valence-corrected chi connectivity index (χ0v) is 8.89. The first kappa shape index (κ1) is 10.9. The second-order valence-corrected chi connectivity index (χ2v) is 3.92. The Balaban J connectivity index is 2.18. The molecule has 0 unspecified atom stereocenters. The van der Waals surface area contributed by atoms with Crippen molar-refractivity contribution in [2.24, 2.45) is 0 Å². The molecule has 3 N–H and O–H groups in total. The van der Waals surface area contributed by atoms with Crippen LogP contribution in [0.3, 0.4) is 0 Å². The standard InChI is InChI=1S/C10H15N3S/c1-2-6-14-7-5-12-10-4-3-9(11)8-13-10/h2-4,8H,1,5-7,11H2,(H,12,13). The van der Waals surface area contributed by atoms with Gasteiger partial charge < -0.3 is 11.1 Å². The van der Waals surface area contributed by atoms with Crippen LogP contribution in [0.2, 0.25) is 0 Å². The Labute approximate surface area is 88.8 Å². The fourth-order valence-electron chi connectivity index (χ4n) is 0.928. The van der Waals surface area contributed by atoms with Gasteiger partial charge in [0.1, 0.15) is 5.82 Å². The highest BCUT2D eigenvalue weighted by Crippen LogP contribution is 2.06. The van der Waals surface area contributed by atoms with Crippen molar-refractivity contribution in [3.63, 3.8) is 0 Å². The molecule has 0 saturated heterocycles. The Morgan fingerprint density at radius 2 is 2.43 bits per heavy atom. The molecule has 0 spiro atoms. The maximum atomic E-state index is 5.52. The maximum absolute atomic E-state index is 5.52. The van der Waals surface area contributed by atoms with E-state index in [1.807, 2.05) is 30.0 Å². The normalized spacial score (nSPS) is 9.71. The molecule has 0 aliphatic heterocycles. The molecule has 76 valence electrons. The van der Waals surface area contributed by atoms with Gasteiger partial charge in [-0.05, 0) is 12.1 Å². The Kier molecular flexibility index (Phi) is 4.93. The maximum Gasteiger partial charge on any atom is 0.126 e. The molecule has 0 amide bonds. The Bertz CT molecular complexity index is 271. The van der Waals surface area contributed by atoms with Crippen molar-refractivity contribution >= 4 is 23.3 Å². The second kappa shape index (κ2) is 6.32. The molecular weight excluding hydrogens is 194 g/mol. The molecule has 4 heteroatoms. The first-order chi connectivity index (χ1) is 6.83. The van der Waals surface area contributed by atoms with E-state index in [-0.39, 0.29) is 0 Å². The number of aromatic nitrogens is 1. The second-order valence-electron chi connectivity index (χ2n) is 2.77. The number of rotatable bonds is 6. The predicted molar refractivity (Wildman–Crippen MR) is 64.7 cm³/mol. The number of hydrogen-bond acceptors (Lipinski definition) is 4. The summed E-state index contributed by atoms with van der Waals surface area (Å²) in [7, 11) is 0. The van der Waals surface area contributed by atoms with Crippen molar-refractivity contribution in [1.29, 1.82) is 0 Å².